The molecular formula is C20H24N2O3S. The maximum absolute atomic E-state index is 12.0. The molecule has 26 heavy (non-hydrogen) atoms. The van der Waals surface area contributed by atoms with Crippen LogP contribution in [0.25, 0.3) is 0 Å². The van der Waals surface area contributed by atoms with Crippen LogP contribution in [0.5, 0.6) is 0 Å². The number of thioether (sulfide) groups is 1. The Balaban J connectivity index is 1.63. The second-order valence-electron chi connectivity index (χ2n) is 5.89. The molecule has 0 radical (unpaired) electrons. The van der Waals surface area contributed by atoms with Crippen molar-refractivity contribution in [1.82, 2.24) is 5.32 Å². The molecule has 0 aromatic heterocycles. The molecule has 0 saturated heterocycles. The van der Waals surface area contributed by atoms with E-state index in [-0.39, 0.29) is 12.5 Å². The number of hydrogen-bond donors (Lipinski definition) is 1. The summed E-state index contributed by atoms with van der Waals surface area (Å²) in [5.74, 6) is 0.136. The van der Waals surface area contributed by atoms with Crippen LogP contribution >= 0.6 is 11.8 Å². The quantitative estimate of drug-likeness (QED) is 0.416. The van der Waals surface area contributed by atoms with Gasteiger partial charge in [-0.1, -0.05) is 24.3 Å². The normalized spacial score (nSPS) is 10.2. The van der Waals surface area contributed by atoms with Crippen LogP contribution in [0.3, 0.4) is 0 Å². The molecule has 2 aromatic rings. The van der Waals surface area contributed by atoms with Gasteiger partial charge >= 0.3 is 5.97 Å². The van der Waals surface area contributed by atoms with Crippen LogP contribution < -0.4 is 10.2 Å². The number of hydrogen-bond acceptors (Lipinski definition) is 5. The number of esters is 1. The van der Waals surface area contributed by atoms with Crippen LogP contribution in [0.15, 0.2) is 59.5 Å². The average Bonchev–Trinajstić information content (AvgIpc) is 2.66. The Morgan fingerprint density at radius 1 is 1.08 bits per heavy atom. The molecule has 0 unspecified atom stereocenters. The summed E-state index contributed by atoms with van der Waals surface area (Å²) < 4.78 is 5.08. The number of rotatable bonds is 9. The van der Waals surface area contributed by atoms with Crippen molar-refractivity contribution >= 4 is 29.3 Å². The molecule has 138 valence electrons. The molecule has 1 N–H and O–H groups in total. The predicted molar refractivity (Wildman–Crippen MR) is 106 cm³/mol. The zero-order valence-corrected chi connectivity index (χ0v) is 15.9. The van der Waals surface area contributed by atoms with Crippen LogP contribution in [0.2, 0.25) is 0 Å². The minimum atomic E-state index is -0.497. The van der Waals surface area contributed by atoms with Crippen LogP contribution in [-0.4, -0.2) is 44.9 Å². The van der Waals surface area contributed by atoms with E-state index in [2.05, 4.69) is 17.4 Å². The number of ether oxygens (including phenoxy) is 1. The van der Waals surface area contributed by atoms with Crippen molar-refractivity contribution in [2.75, 3.05) is 37.9 Å². The van der Waals surface area contributed by atoms with Gasteiger partial charge in [0.25, 0.3) is 5.91 Å². The van der Waals surface area contributed by atoms with Crippen molar-refractivity contribution in [1.29, 1.82) is 0 Å². The SMILES string of the molecule is CN(C)c1cccc(C(=O)OCC(=O)NCCCSc2ccccc2)c1. The van der Waals surface area contributed by atoms with Gasteiger partial charge in [-0.15, -0.1) is 11.8 Å². The van der Waals surface area contributed by atoms with E-state index >= 15 is 0 Å². The van der Waals surface area contributed by atoms with Crippen LogP contribution in [0, 0.1) is 0 Å². The summed E-state index contributed by atoms with van der Waals surface area (Å²) >= 11 is 1.75. The number of amides is 1. The summed E-state index contributed by atoms with van der Waals surface area (Å²) in [6.07, 6.45) is 0.851. The lowest BCUT2D eigenvalue weighted by atomic mass is 10.2. The summed E-state index contributed by atoms with van der Waals surface area (Å²) in [6.45, 7) is 0.295. The second-order valence-corrected chi connectivity index (χ2v) is 7.05. The molecule has 0 spiro atoms. The zero-order valence-electron chi connectivity index (χ0n) is 15.1. The summed E-state index contributed by atoms with van der Waals surface area (Å²) in [6, 6.07) is 17.2. The minimum Gasteiger partial charge on any atom is -0.452 e. The highest BCUT2D eigenvalue weighted by Gasteiger charge is 2.11. The summed E-state index contributed by atoms with van der Waals surface area (Å²) in [4.78, 5) is 26.9. The first-order valence-corrected chi connectivity index (χ1v) is 9.44. The average molecular weight is 372 g/mol. The first-order chi connectivity index (χ1) is 12.6. The highest BCUT2D eigenvalue weighted by molar-refractivity contribution is 7.99. The van der Waals surface area contributed by atoms with E-state index in [0.29, 0.717) is 12.1 Å². The van der Waals surface area contributed by atoms with Gasteiger partial charge in [-0.2, -0.15) is 0 Å². The predicted octanol–water partition coefficient (Wildman–Crippen LogP) is 3.21. The number of carbonyl (C=O) groups excluding carboxylic acids is 2. The van der Waals surface area contributed by atoms with Crippen molar-refractivity contribution in [2.24, 2.45) is 0 Å². The maximum Gasteiger partial charge on any atom is 0.338 e. The lowest BCUT2D eigenvalue weighted by Crippen LogP contribution is -2.29. The smallest absolute Gasteiger partial charge is 0.338 e. The Labute approximate surface area is 158 Å². The zero-order chi connectivity index (χ0) is 18.8. The van der Waals surface area contributed by atoms with E-state index < -0.39 is 5.97 Å². The highest BCUT2D eigenvalue weighted by Crippen LogP contribution is 2.17. The first-order valence-electron chi connectivity index (χ1n) is 8.45. The Bertz CT molecular complexity index is 720. The number of nitrogens with one attached hydrogen (secondary N) is 1. The molecule has 0 fully saturated rings. The summed E-state index contributed by atoms with van der Waals surface area (Å²) in [5.41, 5.74) is 1.34. The van der Waals surface area contributed by atoms with Gasteiger partial charge in [0.2, 0.25) is 0 Å². The Morgan fingerprint density at radius 2 is 1.85 bits per heavy atom. The first kappa shape index (κ1) is 19.8. The van der Waals surface area contributed by atoms with Gasteiger partial charge < -0.3 is 15.0 Å². The van der Waals surface area contributed by atoms with Gasteiger partial charge in [-0.3, -0.25) is 4.79 Å². The molecule has 0 bridgehead atoms. The van der Waals surface area contributed by atoms with Crippen LogP contribution in [0.4, 0.5) is 5.69 Å². The fourth-order valence-electron chi connectivity index (χ4n) is 2.18. The molecule has 5 nitrogen and oxygen atoms in total. The third-order valence-corrected chi connectivity index (χ3v) is 4.69. The number of carbonyl (C=O) groups is 2. The van der Waals surface area contributed by atoms with E-state index in [1.807, 2.05) is 43.3 Å². The minimum absolute atomic E-state index is 0.267. The van der Waals surface area contributed by atoms with Gasteiger partial charge in [0.05, 0.1) is 5.56 Å². The Morgan fingerprint density at radius 3 is 2.58 bits per heavy atom. The topological polar surface area (TPSA) is 58.6 Å². The molecule has 0 aliphatic rings. The molecule has 1 amide bonds. The van der Waals surface area contributed by atoms with E-state index in [4.69, 9.17) is 4.74 Å². The second kappa shape index (κ2) is 10.5. The highest BCUT2D eigenvalue weighted by atomic mass is 32.2. The Hall–Kier alpha value is -2.47. The summed E-state index contributed by atoms with van der Waals surface area (Å²) in [7, 11) is 3.79. The van der Waals surface area contributed by atoms with Crippen molar-refractivity contribution in [3.05, 3.63) is 60.2 Å². The molecular weight excluding hydrogens is 348 g/mol. The number of nitrogens with zero attached hydrogens (tertiary/aromatic N) is 1. The van der Waals surface area contributed by atoms with Crippen LogP contribution in [-0.2, 0) is 9.53 Å². The third-order valence-electron chi connectivity index (χ3n) is 3.59. The maximum atomic E-state index is 12.0. The van der Waals surface area contributed by atoms with E-state index in [1.54, 1.807) is 30.0 Å². The van der Waals surface area contributed by atoms with Crippen molar-refractivity contribution < 1.29 is 14.3 Å². The van der Waals surface area contributed by atoms with Gasteiger partial charge in [0, 0.05) is 31.2 Å². The fourth-order valence-corrected chi connectivity index (χ4v) is 3.06. The number of benzene rings is 2. The number of anilines is 1. The Kier molecular flexibility index (Phi) is 8.02. The molecule has 0 aliphatic heterocycles. The molecule has 0 aliphatic carbocycles. The van der Waals surface area contributed by atoms with E-state index in [0.717, 1.165) is 17.9 Å². The van der Waals surface area contributed by atoms with Gasteiger partial charge in [-0.25, -0.2) is 4.79 Å². The third kappa shape index (κ3) is 6.80. The van der Waals surface area contributed by atoms with Crippen molar-refractivity contribution in [3.63, 3.8) is 0 Å². The molecule has 0 heterocycles. The lowest BCUT2D eigenvalue weighted by molar-refractivity contribution is -0.124. The van der Waals surface area contributed by atoms with E-state index in [1.165, 1.54) is 4.90 Å². The van der Waals surface area contributed by atoms with Crippen molar-refractivity contribution in [3.8, 4) is 0 Å². The standard InChI is InChI=1S/C20H24N2O3S/c1-22(2)17-9-6-8-16(14-17)20(24)25-15-19(23)21-12-7-13-26-18-10-4-3-5-11-18/h3-6,8-11,14H,7,12-13,15H2,1-2H3,(H,21,23). The monoisotopic (exact) mass is 372 g/mol. The molecule has 2 aromatic carbocycles. The van der Waals surface area contributed by atoms with Gasteiger partial charge in [0.1, 0.15) is 0 Å². The lowest BCUT2D eigenvalue weighted by Gasteiger charge is -2.13. The molecule has 2 rings (SSSR count). The molecule has 6 heteroatoms. The van der Waals surface area contributed by atoms with Gasteiger partial charge in [-0.05, 0) is 42.5 Å². The van der Waals surface area contributed by atoms with E-state index in [9.17, 15) is 9.59 Å². The fraction of sp³-hybridized carbons (Fsp3) is 0.300. The van der Waals surface area contributed by atoms with Gasteiger partial charge in [0.15, 0.2) is 6.61 Å². The largest absolute Gasteiger partial charge is 0.452 e. The summed E-state index contributed by atoms with van der Waals surface area (Å²) in [5, 5.41) is 2.77. The molecule has 0 saturated carbocycles. The molecule has 0 atom stereocenters. The van der Waals surface area contributed by atoms with Crippen LogP contribution in [0.1, 0.15) is 16.8 Å². The van der Waals surface area contributed by atoms with Crippen molar-refractivity contribution in [2.45, 2.75) is 11.3 Å².